The van der Waals surface area contributed by atoms with Crippen LogP contribution in [0.4, 0.5) is 0 Å². The van der Waals surface area contributed by atoms with Gasteiger partial charge in [0, 0.05) is 5.56 Å². The summed E-state index contributed by atoms with van der Waals surface area (Å²) in [5.41, 5.74) is 1.92. The average molecular weight is 162 g/mol. The summed E-state index contributed by atoms with van der Waals surface area (Å²) in [5.74, 6) is 0. The number of hydrogen-bond donors (Lipinski definition) is 1. The van der Waals surface area contributed by atoms with Crippen LogP contribution in [0.3, 0.4) is 0 Å². The van der Waals surface area contributed by atoms with Crippen molar-refractivity contribution in [3.05, 3.63) is 35.0 Å². The number of H-pyrrole nitrogens is 1. The molecule has 0 radical (unpaired) electrons. The molecule has 0 fully saturated rings. The van der Waals surface area contributed by atoms with Gasteiger partial charge >= 0.3 is 0 Å². The zero-order chi connectivity index (χ0) is 7.68. The van der Waals surface area contributed by atoms with E-state index in [2.05, 4.69) is 10.2 Å². The molecule has 0 aromatic rings. The second-order valence-corrected chi connectivity index (χ2v) is 2.67. The van der Waals surface area contributed by atoms with E-state index in [0.29, 0.717) is 4.64 Å². The Morgan fingerprint density at radius 1 is 1.18 bits per heavy atom. The third-order valence-electron chi connectivity index (χ3n) is 1.54. The molecule has 0 bridgehead atoms. The Labute approximate surface area is 69.2 Å². The molecule has 0 amide bonds. The quantitative estimate of drug-likeness (QED) is 0.602. The van der Waals surface area contributed by atoms with Gasteiger partial charge in [0.25, 0.3) is 0 Å². The van der Waals surface area contributed by atoms with Gasteiger partial charge in [0.15, 0.2) is 0 Å². The highest BCUT2D eigenvalue weighted by atomic mass is 32.1. The Kier molecular flexibility index (Phi) is 1.43. The van der Waals surface area contributed by atoms with E-state index in [1.165, 1.54) is 0 Å². The molecule has 11 heavy (non-hydrogen) atoms. The van der Waals surface area contributed by atoms with Crippen LogP contribution in [0.25, 0.3) is 11.3 Å². The Hall–Kier alpha value is -1.22. The van der Waals surface area contributed by atoms with Crippen molar-refractivity contribution >= 4 is 12.2 Å². The van der Waals surface area contributed by atoms with Gasteiger partial charge in [-0.3, -0.25) is 5.10 Å². The van der Waals surface area contributed by atoms with Crippen molar-refractivity contribution in [3.63, 3.8) is 0 Å². The van der Waals surface area contributed by atoms with Crippen LogP contribution in [-0.2, 0) is 0 Å². The Morgan fingerprint density at radius 3 is 2.91 bits per heavy atom. The highest BCUT2D eigenvalue weighted by Crippen LogP contribution is 2.16. The van der Waals surface area contributed by atoms with Crippen LogP contribution in [0.2, 0.25) is 0 Å². The Bertz CT molecular complexity index is 394. The zero-order valence-electron chi connectivity index (χ0n) is 5.74. The fourth-order valence-corrected chi connectivity index (χ4v) is 1.22. The second kappa shape index (κ2) is 2.43. The van der Waals surface area contributed by atoms with Gasteiger partial charge < -0.3 is 0 Å². The Balaban J connectivity index is 2.86. The predicted molar refractivity (Wildman–Crippen MR) is 46.0 cm³/mol. The standard InChI is InChI=1S/C8H6N2S/c11-8-6-4-2-1-3-5-7(6)9-10-8/h1-5H,(H,10,11). The van der Waals surface area contributed by atoms with E-state index in [9.17, 15) is 0 Å². The molecule has 0 spiro atoms. The molecule has 1 aliphatic heterocycles. The number of aromatic amines is 1. The van der Waals surface area contributed by atoms with Crippen LogP contribution in [-0.4, -0.2) is 10.2 Å². The molecular weight excluding hydrogens is 156 g/mol. The summed E-state index contributed by atoms with van der Waals surface area (Å²) in [6.07, 6.45) is 0. The number of nitrogens with zero attached hydrogens (tertiary/aromatic N) is 1. The predicted octanol–water partition coefficient (Wildman–Crippen LogP) is 2.24. The minimum atomic E-state index is 0.705. The first-order chi connectivity index (χ1) is 5.38. The summed E-state index contributed by atoms with van der Waals surface area (Å²) in [7, 11) is 0. The van der Waals surface area contributed by atoms with Crippen LogP contribution < -0.4 is 0 Å². The molecule has 2 rings (SSSR count). The normalized spacial score (nSPS) is 10.2. The summed E-state index contributed by atoms with van der Waals surface area (Å²) in [4.78, 5) is 0. The van der Waals surface area contributed by atoms with Crippen molar-refractivity contribution in [3.8, 4) is 11.3 Å². The number of nitrogens with one attached hydrogen (secondary N) is 1. The number of aromatic nitrogens is 2. The lowest BCUT2D eigenvalue weighted by Gasteiger charge is -1.82. The van der Waals surface area contributed by atoms with Crippen LogP contribution in [0.15, 0.2) is 30.3 Å². The fraction of sp³-hybridized carbons (Fsp3) is 0. The molecule has 0 aromatic carbocycles. The van der Waals surface area contributed by atoms with E-state index in [-0.39, 0.29) is 0 Å². The third kappa shape index (κ3) is 1.03. The molecule has 0 unspecified atom stereocenters. The molecule has 3 heteroatoms. The molecule has 1 heterocycles. The van der Waals surface area contributed by atoms with E-state index in [1.54, 1.807) is 0 Å². The first-order valence-corrected chi connectivity index (χ1v) is 3.72. The first-order valence-electron chi connectivity index (χ1n) is 3.31. The monoisotopic (exact) mass is 162 g/mol. The molecule has 1 N–H and O–H groups in total. The van der Waals surface area contributed by atoms with E-state index in [0.717, 1.165) is 11.3 Å². The van der Waals surface area contributed by atoms with Crippen molar-refractivity contribution in [1.29, 1.82) is 0 Å². The molecule has 0 saturated heterocycles. The third-order valence-corrected chi connectivity index (χ3v) is 1.85. The average Bonchev–Trinajstić information content (AvgIpc) is 2.25. The minimum absolute atomic E-state index is 0.705. The maximum atomic E-state index is 5.02. The molecular formula is C8H6N2S. The molecule has 0 saturated carbocycles. The SMILES string of the molecule is S=c1[nH]nc2cccccc1-2. The lowest BCUT2D eigenvalue weighted by molar-refractivity contribution is 1.09. The summed E-state index contributed by atoms with van der Waals surface area (Å²) >= 11 is 5.02. The molecule has 2 aliphatic rings. The van der Waals surface area contributed by atoms with Gasteiger partial charge in [-0.25, -0.2) is 0 Å². The van der Waals surface area contributed by atoms with Crippen molar-refractivity contribution in [2.75, 3.05) is 0 Å². The summed E-state index contributed by atoms with van der Waals surface area (Å²) < 4.78 is 0.705. The van der Waals surface area contributed by atoms with Crippen LogP contribution in [0, 0.1) is 4.64 Å². The number of hydrogen-bond acceptors (Lipinski definition) is 2. The molecule has 0 atom stereocenters. The second-order valence-electron chi connectivity index (χ2n) is 2.26. The van der Waals surface area contributed by atoms with Crippen molar-refractivity contribution < 1.29 is 0 Å². The van der Waals surface area contributed by atoms with Crippen LogP contribution in [0.5, 0.6) is 0 Å². The van der Waals surface area contributed by atoms with Gasteiger partial charge in [0.1, 0.15) is 4.64 Å². The maximum absolute atomic E-state index is 5.02. The Morgan fingerprint density at radius 2 is 2.00 bits per heavy atom. The first kappa shape index (κ1) is 6.49. The van der Waals surface area contributed by atoms with Gasteiger partial charge in [0.2, 0.25) is 0 Å². The van der Waals surface area contributed by atoms with Crippen LogP contribution >= 0.6 is 12.2 Å². The van der Waals surface area contributed by atoms with Crippen molar-refractivity contribution in [1.82, 2.24) is 10.2 Å². The molecule has 54 valence electrons. The van der Waals surface area contributed by atoms with Crippen molar-refractivity contribution in [2.24, 2.45) is 0 Å². The summed E-state index contributed by atoms with van der Waals surface area (Å²) in [5, 5.41) is 6.78. The smallest absolute Gasteiger partial charge is 0.129 e. The minimum Gasteiger partial charge on any atom is -0.267 e. The highest BCUT2D eigenvalue weighted by Gasteiger charge is 2.01. The van der Waals surface area contributed by atoms with Crippen LogP contribution in [0.1, 0.15) is 0 Å². The topological polar surface area (TPSA) is 28.7 Å². The number of fused-ring (bicyclic) bond motifs is 1. The summed E-state index contributed by atoms with van der Waals surface area (Å²) in [6, 6.07) is 9.74. The fourth-order valence-electron chi connectivity index (χ4n) is 0.999. The lowest BCUT2D eigenvalue weighted by atomic mass is 10.2. The lowest BCUT2D eigenvalue weighted by Crippen LogP contribution is -1.67. The van der Waals surface area contributed by atoms with Gasteiger partial charge in [-0.1, -0.05) is 30.4 Å². The molecule has 0 aromatic heterocycles. The molecule has 1 aliphatic carbocycles. The zero-order valence-corrected chi connectivity index (χ0v) is 6.56. The van der Waals surface area contributed by atoms with E-state index < -0.39 is 0 Å². The largest absolute Gasteiger partial charge is 0.267 e. The molecule has 2 nitrogen and oxygen atoms in total. The van der Waals surface area contributed by atoms with Gasteiger partial charge in [-0.15, -0.1) is 0 Å². The van der Waals surface area contributed by atoms with Gasteiger partial charge in [0.05, 0.1) is 5.69 Å². The van der Waals surface area contributed by atoms with E-state index >= 15 is 0 Å². The number of rotatable bonds is 0. The highest BCUT2D eigenvalue weighted by molar-refractivity contribution is 7.71. The maximum Gasteiger partial charge on any atom is 0.129 e. The van der Waals surface area contributed by atoms with E-state index in [1.807, 2.05) is 30.3 Å². The summed E-state index contributed by atoms with van der Waals surface area (Å²) in [6.45, 7) is 0. The van der Waals surface area contributed by atoms with E-state index in [4.69, 9.17) is 12.2 Å². The van der Waals surface area contributed by atoms with Gasteiger partial charge in [-0.05, 0) is 12.1 Å². The van der Waals surface area contributed by atoms with Crippen molar-refractivity contribution in [2.45, 2.75) is 0 Å². The van der Waals surface area contributed by atoms with Gasteiger partial charge in [-0.2, -0.15) is 5.10 Å².